The molecule has 3 aromatic heterocycles. The highest BCUT2D eigenvalue weighted by molar-refractivity contribution is 7.98. The van der Waals surface area contributed by atoms with Crippen molar-refractivity contribution in [3.05, 3.63) is 66.6 Å². The fraction of sp³-hybridized carbons (Fsp3) is 0.158. The highest BCUT2D eigenvalue weighted by atomic mass is 32.2. The number of hydrogen-bond acceptors (Lipinski definition) is 9. The van der Waals surface area contributed by atoms with Gasteiger partial charge in [-0.1, -0.05) is 35.1 Å². The first-order chi connectivity index (χ1) is 14.3. The standard InChI is InChI=1S/C19H16N6O3S/c26-16(21-14-6-2-1-3-7-14)8-9-17-22-15(25-28-17)12-29-19-24-23-18(27-19)13-5-4-10-20-11-13/h1-7,10-11H,8-9,12H2,(H,21,26). The highest BCUT2D eigenvalue weighted by Gasteiger charge is 2.13. The van der Waals surface area contributed by atoms with E-state index >= 15 is 0 Å². The molecule has 0 atom stereocenters. The van der Waals surface area contributed by atoms with Gasteiger partial charge >= 0.3 is 0 Å². The van der Waals surface area contributed by atoms with E-state index in [2.05, 4.69) is 30.6 Å². The van der Waals surface area contributed by atoms with Crippen LogP contribution in [0.5, 0.6) is 0 Å². The van der Waals surface area contributed by atoms with Crippen LogP contribution in [0.4, 0.5) is 5.69 Å². The number of rotatable bonds is 8. The van der Waals surface area contributed by atoms with Crippen LogP contribution >= 0.6 is 11.8 Å². The van der Waals surface area contributed by atoms with Gasteiger partial charge in [0, 0.05) is 30.9 Å². The summed E-state index contributed by atoms with van der Waals surface area (Å²) >= 11 is 1.30. The molecule has 1 amide bonds. The van der Waals surface area contributed by atoms with E-state index in [-0.39, 0.29) is 12.3 Å². The topological polar surface area (TPSA) is 120 Å². The third-order valence-corrected chi connectivity index (χ3v) is 4.59. The van der Waals surface area contributed by atoms with Gasteiger partial charge in [-0.3, -0.25) is 9.78 Å². The molecule has 0 unspecified atom stereocenters. The van der Waals surface area contributed by atoms with Crippen molar-refractivity contribution in [1.82, 2.24) is 25.3 Å². The minimum absolute atomic E-state index is 0.112. The number of amides is 1. The van der Waals surface area contributed by atoms with Gasteiger partial charge in [0.2, 0.25) is 17.7 Å². The minimum Gasteiger partial charge on any atom is -0.411 e. The van der Waals surface area contributed by atoms with E-state index in [0.29, 0.717) is 35.0 Å². The molecule has 0 spiro atoms. The van der Waals surface area contributed by atoms with Crippen LogP contribution in [0.3, 0.4) is 0 Å². The minimum atomic E-state index is -0.112. The molecule has 0 saturated heterocycles. The molecule has 4 aromatic rings. The van der Waals surface area contributed by atoms with Gasteiger partial charge in [0.05, 0.1) is 11.3 Å². The molecule has 146 valence electrons. The Labute approximate surface area is 170 Å². The van der Waals surface area contributed by atoms with Crippen LogP contribution in [0, 0.1) is 0 Å². The van der Waals surface area contributed by atoms with E-state index < -0.39 is 0 Å². The lowest BCUT2D eigenvalue weighted by atomic mass is 10.2. The van der Waals surface area contributed by atoms with Gasteiger partial charge in [-0.15, -0.1) is 10.2 Å². The maximum absolute atomic E-state index is 12.0. The Morgan fingerprint density at radius 3 is 2.83 bits per heavy atom. The third-order valence-electron chi connectivity index (χ3n) is 3.77. The average molecular weight is 408 g/mol. The van der Waals surface area contributed by atoms with E-state index in [1.54, 1.807) is 18.5 Å². The van der Waals surface area contributed by atoms with Crippen LogP contribution in [-0.2, 0) is 17.0 Å². The van der Waals surface area contributed by atoms with E-state index in [1.807, 2.05) is 36.4 Å². The lowest BCUT2D eigenvalue weighted by Gasteiger charge is -2.02. The van der Waals surface area contributed by atoms with Crippen LogP contribution in [-0.4, -0.2) is 31.2 Å². The zero-order valence-corrected chi connectivity index (χ0v) is 16.0. The van der Waals surface area contributed by atoms with Crippen molar-refractivity contribution in [2.24, 2.45) is 0 Å². The number of thioether (sulfide) groups is 1. The van der Waals surface area contributed by atoms with Crippen molar-refractivity contribution >= 4 is 23.4 Å². The molecule has 29 heavy (non-hydrogen) atoms. The number of pyridine rings is 1. The number of nitrogens with zero attached hydrogens (tertiary/aromatic N) is 5. The summed E-state index contributed by atoms with van der Waals surface area (Å²) in [7, 11) is 0. The van der Waals surface area contributed by atoms with E-state index in [1.165, 1.54) is 11.8 Å². The van der Waals surface area contributed by atoms with Crippen LogP contribution < -0.4 is 5.32 Å². The Morgan fingerprint density at radius 2 is 2.00 bits per heavy atom. The van der Waals surface area contributed by atoms with Gasteiger partial charge in [0.1, 0.15) is 0 Å². The molecule has 3 heterocycles. The summed E-state index contributed by atoms with van der Waals surface area (Å²) < 4.78 is 10.8. The van der Waals surface area contributed by atoms with Crippen LogP contribution in [0.1, 0.15) is 18.1 Å². The number of aryl methyl sites for hydroxylation is 1. The average Bonchev–Trinajstić information content (AvgIpc) is 3.42. The number of hydrogen-bond donors (Lipinski definition) is 1. The van der Waals surface area contributed by atoms with Crippen molar-refractivity contribution in [1.29, 1.82) is 0 Å². The number of nitrogens with one attached hydrogen (secondary N) is 1. The van der Waals surface area contributed by atoms with Crippen LogP contribution in [0.25, 0.3) is 11.5 Å². The summed E-state index contributed by atoms with van der Waals surface area (Å²) in [5.41, 5.74) is 1.51. The summed E-state index contributed by atoms with van der Waals surface area (Å²) in [4.78, 5) is 20.3. The zero-order chi connectivity index (χ0) is 19.9. The lowest BCUT2D eigenvalue weighted by Crippen LogP contribution is -2.12. The van der Waals surface area contributed by atoms with Gasteiger partial charge in [-0.05, 0) is 24.3 Å². The Kier molecular flexibility index (Phi) is 5.91. The Morgan fingerprint density at radius 1 is 1.10 bits per heavy atom. The Bertz CT molecular complexity index is 1070. The van der Waals surface area contributed by atoms with E-state index in [0.717, 1.165) is 11.3 Å². The Hall–Kier alpha value is -3.53. The molecule has 4 rings (SSSR count). The molecule has 0 radical (unpaired) electrons. The monoisotopic (exact) mass is 408 g/mol. The SMILES string of the molecule is O=C(CCc1nc(CSc2nnc(-c3cccnc3)o2)no1)Nc1ccccc1. The second-order valence-electron chi connectivity index (χ2n) is 5.92. The normalized spacial score (nSPS) is 10.8. The van der Waals surface area contributed by atoms with Crippen molar-refractivity contribution in [3.63, 3.8) is 0 Å². The first-order valence-corrected chi connectivity index (χ1v) is 9.78. The van der Waals surface area contributed by atoms with Crippen molar-refractivity contribution in [2.75, 3.05) is 5.32 Å². The molecule has 0 bridgehead atoms. The predicted octanol–water partition coefficient (Wildman–Crippen LogP) is 3.38. The molecule has 10 heteroatoms. The first kappa shape index (κ1) is 18.8. The maximum Gasteiger partial charge on any atom is 0.277 e. The first-order valence-electron chi connectivity index (χ1n) is 8.79. The largest absolute Gasteiger partial charge is 0.411 e. The summed E-state index contributed by atoms with van der Waals surface area (Å²) in [5, 5.41) is 15.1. The zero-order valence-electron chi connectivity index (χ0n) is 15.2. The number of anilines is 1. The molecular formula is C19H16N6O3S. The fourth-order valence-corrected chi connectivity index (χ4v) is 3.02. The molecule has 1 N–H and O–H groups in total. The van der Waals surface area contributed by atoms with Gasteiger partial charge < -0.3 is 14.3 Å². The lowest BCUT2D eigenvalue weighted by molar-refractivity contribution is -0.116. The van der Waals surface area contributed by atoms with Gasteiger partial charge in [0.15, 0.2) is 5.82 Å². The molecule has 0 aliphatic carbocycles. The van der Waals surface area contributed by atoms with Crippen molar-refractivity contribution < 1.29 is 13.7 Å². The number of benzene rings is 1. The van der Waals surface area contributed by atoms with Crippen LogP contribution in [0.2, 0.25) is 0 Å². The molecule has 1 aromatic carbocycles. The molecule has 0 aliphatic rings. The number of aromatic nitrogens is 5. The highest BCUT2D eigenvalue weighted by Crippen LogP contribution is 2.24. The summed E-state index contributed by atoms with van der Waals surface area (Å²) in [6, 6.07) is 12.9. The molecule has 9 nitrogen and oxygen atoms in total. The molecule has 0 saturated carbocycles. The number of carbonyl (C=O) groups is 1. The predicted molar refractivity (Wildman–Crippen MR) is 105 cm³/mol. The summed E-state index contributed by atoms with van der Waals surface area (Å²) in [6.07, 6.45) is 3.94. The smallest absolute Gasteiger partial charge is 0.277 e. The quantitative estimate of drug-likeness (QED) is 0.437. The Balaban J connectivity index is 1.25. The number of para-hydroxylation sites is 1. The second-order valence-corrected chi connectivity index (χ2v) is 6.85. The van der Waals surface area contributed by atoms with Gasteiger partial charge in [-0.2, -0.15) is 4.98 Å². The van der Waals surface area contributed by atoms with Crippen molar-refractivity contribution in [3.8, 4) is 11.5 Å². The van der Waals surface area contributed by atoms with Crippen LogP contribution in [0.15, 0.2) is 69.0 Å². The third kappa shape index (κ3) is 5.26. The molecule has 0 aliphatic heterocycles. The fourth-order valence-electron chi connectivity index (χ4n) is 2.42. The summed E-state index contributed by atoms with van der Waals surface area (Å²) in [6.45, 7) is 0. The van der Waals surface area contributed by atoms with Gasteiger partial charge in [0.25, 0.3) is 5.22 Å². The van der Waals surface area contributed by atoms with Crippen molar-refractivity contribution in [2.45, 2.75) is 23.8 Å². The molecular weight excluding hydrogens is 392 g/mol. The summed E-state index contributed by atoms with van der Waals surface area (Å²) in [5.74, 6) is 1.60. The van der Waals surface area contributed by atoms with E-state index in [9.17, 15) is 4.79 Å². The molecule has 0 fully saturated rings. The maximum atomic E-state index is 12.0. The van der Waals surface area contributed by atoms with E-state index in [4.69, 9.17) is 8.94 Å². The van der Waals surface area contributed by atoms with Gasteiger partial charge in [-0.25, -0.2) is 0 Å². The number of carbonyl (C=O) groups excluding carboxylic acids is 1. The second kappa shape index (κ2) is 9.11.